The molecular formula is C12H15Cl2N2O2S+. The normalized spacial score (nSPS) is 21.6. The first-order valence-electron chi connectivity index (χ1n) is 5.88. The van der Waals surface area contributed by atoms with E-state index in [0.29, 0.717) is 30.7 Å². The van der Waals surface area contributed by atoms with Gasteiger partial charge >= 0.3 is 6.09 Å². The van der Waals surface area contributed by atoms with E-state index in [1.807, 2.05) is 29.3 Å². The van der Waals surface area contributed by atoms with Gasteiger partial charge in [-0.2, -0.15) is 4.79 Å². The highest BCUT2D eigenvalue weighted by Gasteiger charge is 2.51. The summed E-state index contributed by atoms with van der Waals surface area (Å²) in [5.74, 6) is 1.18. The lowest BCUT2D eigenvalue weighted by Crippen LogP contribution is -2.64. The average molecular weight is 322 g/mol. The number of fused-ring (bicyclic) bond motifs is 1. The van der Waals surface area contributed by atoms with Crippen LogP contribution in [0.25, 0.3) is 0 Å². The molecule has 0 bridgehead atoms. The second-order valence-corrected chi connectivity index (χ2v) is 5.87. The number of hydrogen-bond acceptors (Lipinski definition) is 3. The van der Waals surface area contributed by atoms with Crippen LogP contribution in [0.4, 0.5) is 10.5 Å². The van der Waals surface area contributed by atoms with Crippen molar-refractivity contribution < 1.29 is 9.90 Å². The molecule has 1 amide bonds. The predicted octanol–water partition coefficient (Wildman–Crippen LogP) is 3.43. The third-order valence-corrected chi connectivity index (χ3v) is 4.65. The molecular weight excluding hydrogens is 307 g/mol. The van der Waals surface area contributed by atoms with Crippen molar-refractivity contribution in [1.82, 2.24) is 9.60 Å². The summed E-state index contributed by atoms with van der Waals surface area (Å²) in [7, 11) is 0. The number of amides is 1. The van der Waals surface area contributed by atoms with E-state index in [1.165, 1.54) is 0 Å². The Morgan fingerprint density at radius 2 is 1.95 bits per heavy atom. The highest BCUT2D eigenvalue weighted by Crippen LogP contribution is 2.45. The van der Waals surface area contributed by atoms with Crippen LogP contribution in [-0.2, 0) is 0 Å². The molecule has 1 N–H and O–H groups in total. The van der Waals surface area contributed by atoms with Gasteiger partial charge in [0.1, 0.15) is 0 Å². The molecule has 0 aliphatic carbocycles. The van der Waals surface area contributed by atoms with Crippen LogP contribution >= 0.6 is 35.0 Å². The average Bonchev–Trinajstić information content (AvgIpc) is 2.79. The molecule has 1 heterocycles. The van der Waals surface area contributed by atoms with Crippen molar-refractivity contribution in [2.45, 2.75) is 4.90 Å². The molecule has 0 saturated carbocycles. The first-order chi connectivity index (χ1) is 9.16. The predicted molar refractivity (Wildman–Crippen MR) is 80.0 cm³/mol. The standard InChI is InChI=1S/C12H14Cl2N2O2S/c13-5-7-15(8-6-14)16(12(17)18)9-19-11-4-2-1-3-10(11)16/h1-4H,5-9H2/p+1. The molecule has 0 saturated heterocycles. The third-order valence-electron chi connectivity index (χ3n) is 3.16. The minimum absolute atomic E-state index is 0.222. The zero-order valence-electron chi connectivity index (χ0n) is 10.3. The second-order valence-electron chi connectivity index (χ2n) is 4.12. The number of rotatable bonds is 5. The van der Waals surface area contributed by atoms with Gasteiger partial charge in [0.25, 0.3) is 0 Å². The summed E-state index contributed by atoms with van der Waals surface area (Å²) >= 11 is 13.2. The topological polar surface area (TPSA) is 40.5 Å². The lowest BCUT2D eigenvalue weighted by Gasteiger charge is -2.36. The molecule has 0 radical (unpaired) electrons. The summed E-state index contributed by atoms with van der Waals surface area (Å²) in [5, 5.41) is 11.6. The quantitative estimate of drug-likeness (QED) is 0.666. The molecule has 1 aromatic rings. The van der Waals surface area contributed by atoms with E-state index < -0.39 is 6.09 Å². The van der Waals surface area contributed by atoms with E-state index >= 15 is 0 Å². The van der Waals surface area contributed by atoms with Crippen LogP contribution in [0.1, 0.15) is 0 Å². The van der Waals surface area contributed by atoms with Crippen LogP contribution in [-0.4, -0.2) is 46.9 Å². The van der Waals surface area contributed by atoms with Gasteiger partial charge < -0.3 is 5.11 Å². The molecule has 19 heavy (non-hydrogen) atoms. The van der Waals surface area contributed by atoms with Crippen LogP contribution in [0.15, 0.2) is 29.2 Å². The maximum atomic E-state index is 11.9. The molecule has 2 rings (SSSR count). The molecule has 7 heteroatoms. The number of hydrogen-bond donors (Lipinski definition) is 1. The highest BCUT2D eigenvalue weighted by atomic mass is 35.5. The minimum Gasteiger partial charge on any atom is -0.434 e. The van der Waals surface area contributed by atoms with Gasteiger partial charge in [-0.15, -0.1) is 32.8 Å². The number of halogens is 2. The van der Waals surface area contributed by atoms with Crippen LogP contribution in [0.5, 0.6) is 0 Å². The van der Waals surface area contributed by atoms with Gasteiger partial charge in [0.05, 0.1) is 18.0 Å². The Bertz CT molecular complexity index is 469. The Labute approximate surface area is 126 Å². The second kappa shape index (κ2) is 6.33. The van der Waals surface area contributed by atoms with Gasteiger partial charge in [-0.05, 0) is 6.07 Å². The van der Waals surface area contributed by atoms with E-state index in [-0.39, 0.29) is 4.59 Å². The van der Waals surface area contributed by atoms with E-state index in [0.717, 1.165) is 10.6 Å². The number of nitrogens with zero attached hydrogens (tertiary/aromatic N) is 2. The summed E-state index contributed by atoms with van der Waals surface area (Å²) < 4.78 is -0.222. The molecule has 1 aliphatic heterocycles. The zero-order chi connectivity index (χ0) is 13.9. The number of alkyl halides is 2. The molecule has 1 atom stereocenters. The molecule has 0 aromatic heterocycles. The lowest BCUT2D eigenvalue weighted by molar-refractivity contribution is 0.0216. The molecule has 0 spiro atoms. The molecule has 4 nitrogen and oxygen atoms in total. The SMILES string of the molecule is O=C(O)[N+]1(N(CCCl)CCCl)CSc2ccccc21. The Hall–Kier alpha value is -0.460. The molecule has 1 aromatic carbocycles. The molecule has 0 fully saturated rings. The monoisotopic (exact) mass is 321 g/mol. The number of para-hydroxylation sites is 1. The number of benzene rings is 1. The molecule has 1 aliphatic rings. The Kier molecular flexibility index (Phi) is 4.97. The molecule has 104 valence electrons. The van der Waals surface area contributed by atoms with Gasteiger partial charge in [-0.3, -0.25) is 0 Å². The summed E-state index contributed by atoms with van der Waals surface area (Å²) in [6.45, 7) is 0.963. The van der Waals surface area contributed by atoms with Gasteiger partial charge in [-0.25, -0.2) is 0 Å². The van der Waals surface area contributed by atoms with E-state index in [2.05, 4.69) is 0 Å². The van der Waals surface area contributed by atoms with Crippen molar-refractivity contribution in [3.05, 3.63) is 24.3 Å². The Balaban J connectivity index is 2.47. The van der Waals surface area contributed by atoms with Crippen molar-refractivity contribution in [2.24, 2.45) is 0 Å². The van der Waals surface area contributed by atoms with Crippen LogP contribution in [0, 0.1) is 0 Å². The number of thioether (sulfide) groups is 1. The van der Waals surface area contributed by atoms with Crippen LogP contribution < -0.4 is 4.59 Å². The fourth-order valence-corrected chi connectivity index (χ4v) is 3.95. The summed E-state index contributed by atoms with van der Waals surface area (Å²) in [4.78, 5) is 12.9. The van der Waals surface area contributed by atoms with Gasteiger partial charge in [-0.1, -0.05) is 23.9 Å². The maximum absolute atomic E-state index is 11.9. The van der Waals surface area contributed by atoms with E-state index in [9.17, 15) is 9.90 Å². The number of carboxylic acid groups (broad SMARTS) is 1. The largest absolute Gasteiger partial charge is 0.539 e. The number of carbonyl (C=O) groups is 1. The number of quaternary nitrogens is 1. The summed E-state index contributed by atoms with van der Waals surface area (Å²) in [6.07, 6.45) is -0.896. The zero-order valence-corrected chi connectivity index (χ0v) is 12.6. The Morgan fingerprint density at radius 3 is 2.53 bits per heavy atom. The first-order valence-corrected chi connectivity index (χ1v) is 7.93. The maximum Gasteiger partial charge on any atom is 0.539 e. The van der Waals surface area contributed by atoms with Crippen molar-refractivity contribution in [2.75, 3.05) is 30.7 Å². The van der Waals surface area contributed by atoms with Crippen molar-refractivity contribution >= 4 is 46.7 Å². The summed E-state index contributed by atoms with van der Waals surface area (Å²) in [6, 6.07) is 7.59. The smallest absolute Gasteiger partial charge is 0.434 e. The van der Waals surface area contributed by atoms with Gasteiger partial charge in [0.15, 0.2) is 11.6 Å². The van der Waals surface area contributed by atoms with Crippen molar-refractivity contribution in [3.63, 3.8) is 0 Å². The Morgan fingerprint density at radius 1 is 1.32 bits per heavy atom. The van der Waals surface area contributed by atoms with Crippen LogP contribution in [0.3, 0.4) is 0 Å². The summed E-state index contributed by atoms with van der Waals surface area (Å²) in [5.41, 5.74) is 0.787. The van der Waals surface area contributed by atoms with Crippen molar-refractivity contribution in [3.8, 4) is 0 Å². The third kappa shape index (κ3) is 2.58. The molecule has 1 unspecified atom stereocenters. The fraction of sp³-hybridized carbons (Fsp3) is 0.417. The van der Waals surface area contributed by atoms with Crippen molar-refractivity contribution in [1.29, 1.82) is 0 Å². The van der Waals surface area contributed by atoms with Crippen LogP contribution in [0.2, 0.25) is 0 Å². The van der Waals surface area contributed by atoms with Gasteiger partial charge in [0.2, 0.25) is 0 Å². The van der Waals surface area contributed by atoms with E-state index in [4.69, 9.17) is 23.2 Å². The fourth-order valence-electron chi connectivity index (χ4n) is 2.28. The van der Waals surface area contributed by atoms with E-state index in [1.54, 1.807) is 11.8 Å². The van der Waals surface area contributed by atoms with Gasteiger partial charge in [0, 0.05) is 17.8 Å². The highest BCUT2D eigenvalue weighted by molar-refractivity contribution is 7.99. The first kappa shape index (κ1) is 14.9. The lowest BCUT2D eigenvalue weighted by atomic mass is 10.3. The minimum atomic E-state index is -0.896.